The molecule has 4 bridgehead atoms. The van der Waals surface area contributed by atoms with Crippen molar-refractivity contribution < 1.29 is 14.4 Å². The van der Waals surface area contributed by atoms with Crippen molar-refractivity contribution in [3.8, 4) is 11.3 Å². The molecule has 8 nitrogen and oxygen atoms in total. The van der Waals surface area contributed by atoms with Crippen molar-refractivity contribution in [2.75, 3.05) is 11.9 Å². The van der Waals surface area contributed by atoms with E-state index in [0.717, 1.165) is 30.5 Å². The molecular formula is C30H29N5O3S. The monoisotopic (exact) mass is 539 g/mol. The first kappa shape index (κ1) is 24.2. The van der Waals surface area contributed by atoms with E-state index in [9.17, 15) is 14.4 Å². The summed E-state index contributed by atoms with van der Waals surface area (Å²) in [5.41, 5.74) is 2.84. The Morgan fingerprint density at radius 2 is 1.77 bits per heavy atom. The number of carbonyl (C=O) groups excluding carboxylic acids is 3. The van der Waals surface area contributed by atoms with E-state index in [4.69, 9.17) is 0 Å². The predicted octanol–water partition coefficient (Wildman–Crippen LogP) is 4.96. The third-order valence-electron chi connectivity index (χ3n) is 8.76. The molecule has 3 heterocycles. The summed E-state index contributed by atoms with van der Waals surface area (Å²) in [4.78, 5) is 44.0. The molecule has 8 rings (SSSR count). The molecule has 4 aliphatic carbocycles. The molecule has 2 amide bonds. The lowest BCUT2D eigenvalue weighted by Crippen LogP contribution is -2.54. The number of nitrogens with zero attached hydrogens (tertiary/aromatic N) is 3. The van der Waals surface area contributed by atoms with Gasteiger partial charge in [0.25, 0.3) is 0 Å². The van der Waals surface area contributed by atoms with Crippen LogP contribution in [0.25, 0.3) is 16.9 Å². The highest BCUT2D eigenvalue weighted by atomic mass is 32.1. The van der Waals surface area contributed by atoms with Crippen LogP contribution in [0.2, 0.25) is 0 Å². The molecule has 1 aromatic carbocycles. The van der Waals surface area contributed by atoms with Crippen molar-refractivity contribution >= 4 is 40.3 Å². The number of nitrogens with one attached hydrogen (secondary N) is 2. The minimum absolute atomic E-state index is 0.0440. The number of fused-ring (bicyclic) bond motifs is 1. The van der Waals surface area contributed by atoms with Gasteiger partial charge in [0.15, 0.2) is 5.65 Å². The van der Waals surface area contributed by atoms with Crippen LogP contribution in [0.1, 0.15) is 53.8 Å². The Labute approximate surface area is 229 Å². The normalized spacial score (nSPS) is 25.1. The van der Waals surface area contributed by atoms with E-state index in [0.29, 0.717) is 39.5 Å². The van der Waals surface area contributed by atoms with Gasteiger partial charge in [0.05, 0.1) is 28.9 Å². The minimum atomic E-state index is -0.269. The number of anilines is 1. The third kappa shape index (κ3) is 4.34. The van der Waals surface area contributed by atoms with Gasteiger partial charge in [-0.3, -0.25) is 14.4 Å². The van der Waals surface area contributed by atoms with Gasteiger partial charge in [0, 0.05) is 22.9 Å². The summed E-state index contributed by atoms with van der Waals surface area (Å²) >= 11 is 1.38. The van der Waals surface area contributed by atoms with Crippen molar-refractivity contribution in [1.29, 1.82) is 0 Å². The van der Waals surface area contributed by atoms with E-state index in [1.54, 1.807) is 23.0 Å². The molecule has 4 fully saturated rings. The summed E-state index contributed by atoms with van der Waals surface area (Å²) < 4.78 is 1.65. The number of thiophene rings is 1. The van der Waals surface area contributed by atoms with Gasteiger partial charge in [-0.2, -0.15) is 5.10 Å². The molecular weight excluding hydrogens is 510 g/mol. The number of hydrogen-bond donors (Lipinski definition) is 2. The fraction of sp³-hybridized carbons (Fsp3) is 0.367. The fourth-order valence-corrected chi connectivity index (χ4v) is 8.19. The third-order valence-corrected chi connectivity index (χ3v) is 9.63. The van der Waals surface area contributed by atoms with Gasteiger partial charge < -0.3 is 10.6 Å². The number of carbonyl (C=O) groups is 3. The topological polar surface area (TPSA) is 105 Å². The molecule has 9 heteroatoms. The molecule has 4 aliphatic rings. The van der Waals surface area contributed by atoms with E-state index < -0.39 is 0 Å². The zero-order valence-corrected chi connectivity index (χ0v) is 22.2. The molecule has 0 atom stereocenters. The van der Waals surface area contributed by atoms with Crippen LogP contribution in [0.15, 0.2) is 60.2 Å². The van der Waals surface area contributed by atoms with Crippen LogP contribution in [0.4, 0.5) is 5.69 Å². The molecule has 4 aromatic rings. The van der Waals surface area contributed by atoms with Gasteiger partial charge in [0.1, 0.15) is 0 Å². The number of ketones is 1. The molecule has 0 radical (unpaired) electrons. The van der Waals surface area contributed by atoms with Crippen LogP contribution in [-0.4, -0.2) is 38.7 Å². The van der Waals surface area contributed by atoms with Crippen molar-refractivity contribution in [3.05, 3.63) is 70.7 Å². The average Bonchev–Trinajstić information content (AvgIpc) is 3.61. The van der Waals surface area contributed by atoms with Gasteiger partial charge in [-0.1, -0.05) is 18.2 Å². The molecule has 0 spiro atoms. The largest absolute Gasteiger partial charge is 0.347 e. The van der Waals surface area contributed by atoms with Gasteiger partial charge in [-0.25, -0.2) is 9.50 Å². The van der Waals surface area contributed by atoms with Crippen molar-refractivity contribution in [3.63, 3.8) is 0 Å². The number of rotatable bonds is 7. The smallest absolute Gasteiger partial charge is 0.243 e. The summed E-state index contributed by atoms with van der Waals surface area (Å²) in [5.74, 6) is 1.72. The van der Waals surface area contributed by atoms with Crippen LogP contribution in [0.5, 0.6) is 0 Å². The lowest BCUT2D eigenvalue weighted by atomic mass is 9.49. The van der Waals surface area contributed by atoms with E-state index in [2.05, 4.69) is 20.7 Å². The van der Waals surface area contributed by atoms with Crippen LogP contribution in [0.3, 0.4) is 0 Å². The van der Waals surface area contributed by atoms with Gasteiger partial charge in [0.2, 0.25) is 17.6 Å². The Hall–Kier alpha value is -3.85. The second-order valence-electron chi connectivity index (χ2n) is 11.4. The Bertz CT molecular complexity index is 1560. The molecule has 198 valence electrons. The van der Waals surface area contributed by atoms with E-state index in [-0.39, 0.29) is 29.6 Å². The maximum absolute atomic E-state index is 13.2. The Morgan fingerprint density at radius 3 is 2.49 bits per heavy atom. The molecule has 0 saturated heterocycles. The molecule has 3 aromatic heterocycles. The van der Waals surface area contributed by atoms with E-state index in [1.165, 1.54) is 30.6 Å². The molecule has 39 heavy (non-hydrogen) atoms. The Morgan fingerprint density at radius 1 is 1.00 bits per heavy atom. The Balaban J connectivity index is 1.05. The SMILES string of the molecule is O=C(CNC(=O)C12CC3CC(CC(C3)C1)C2)Nc1cccc(-c2ccnc3c(C(=O)c4cccs4)cnn23)c1. The average molecular weight is 540 g/mol. The van der Waals surface area contributed by atoms with Crippen molar-refractivity contribution in [1.82, 2.24) is 19.9 Å². The Kier molecular flexibility index (Phi) is 5.84. The maximum Gasteiger partial charge on any atom is 0.243 e. The minimum Gasteiger partial charge on any atom is -0.347 e. The number of amides is 2. The van der Waals surface area contributed by atoms with Crippen LogP contribution >= 0.6 is 11.3 Å². The lowest BCUT2D eigenvalue weighted by molar-refractivity contribution is -0.146. The lowest BCUT2D eigenvalue weighted by Gasteiger charge is -2.55. The van der Waals surface area contributed by atoms with Crippen LogP contribution in [-0.2, 0) is 9.59 Å². The van der Waals surface area contributed by atoms with Crippen LogP contribution < -0.4 is 10.6 Å². The first-order chi connectivity index (χ1) is 19.0. The first-order valence-electron chi connectivity index (χ1n) is 13.6. The van der Waals surface area contributed by atoms with Gasteiger partial charge in [-0.15, -0.1) is 11.3 Å². The maximum atomic E-state index is 13.2. The highest BCUT2D eigenvalue weighted by Crippen LogP contribution is 2.60. The molecule has 0 aliphatic heterocycles. The highest BCUT2D eigenvalue weighted by molar-refractivity contribution is 7.12. The standard InChI is InChI=1S/C30H29N5O3S/c36-26(17-32-29(38)30-13-18-9-19(14-30)11-20(10-18)15-30)34-22-4-1-3-21(12-22)24-6-7-31-28-23(16-33-35(24)28)27(37)25-5-2-8-39-25/h1-8,12,16,18-20H,9-11,13-15,17H2,(H,32,38)(H,34,36). The van der Waals surface area contributed by atoms with E-state index >= 15 is 0 Å². The second-order valence-corrected chi connectivity index (χ2v) is 12.4. The summed E-state index contributed by atoms with van der Waals surface area (Å²) in [6.45, 7) is -0.0440. The van der Waals surface area contributed by atoms with Crippen molar-refractivity contribution in [2.45, 2.75) is 38.5 Å². The zero-order valence-electron chi connectivity index (χ0n) is 21.4. The first-order valence-corrected chi connectivity index (χ1v) is 14.4. The number of benzene rings is 1. The van der Waals surface area contributed by atoms with E-state index in [1.807, 2.05) is 41.8 Å². The summed E-state index contributed by atoms with van der Waals surface area (Å²) in [5, 5.41) is 12.2. The highest BCUT2D eigenvalue weighted by Gasteiger charge is 2.54. The molecule has 2 N–H and O–H groups in total. The quantitative estimate of drug-likeness (QED) is 0.323. The van der Waals surface area contributed by atoms with Gasteiger partial charge in [-0.05, 0) is 85.9 Å². The summed E-state index contributed by atoms with van der Waals surface area (Å²) in [6.07, 6.45) is 9.96. The second kappa shape index (κ2) is 9.41. The van der Waals surface area contributed by atoms with Gasteiger partial charge >= 0.3 is 0 Å². The predicted molar refractivity (Wildman–Crippen MR) is 148 cm³/mol. The molecule has 4 saturated carbocycles. The van der Waals surface area contributed by atoms with Crippen LogP contribution in [0, 0.1) is 23.2 Å². The zero-order chi connectivity index (χ0) is 26.6. The fourth-order valence-electron chi connectivity index (χ4n) is 7.51. The summed E-state index contributed by atoms with van der Waals surface area (Å²) in [7, 11) is 0. The molecule has 0 unspecified atom stereocenters. The number of aromatic nitrogens is 3. The number of hydrogen-bond acceptors (Lipinski definition) is 6. The summed E-state index contributed by atoms with van der Waals surface area (Å²) in [6, 6.07) is 12.9. The van der Waals surface area contributed by atoms with Crippen molar-refractivity contribution in [2.24, 2.45) is 23.2 Å².